The highest BCUT2D eigenvalue weighted by atomic mass is 19.4. The number of aryl methyl sites for hydroxylation is 1. The van der Waals surface area contributed by atoms with Gasteiger partial charge in [0, 0.05) is 44.9 Å². The summed E-state index contributed by atoms with van der Waals surface area (Å²) in [4.78, 5) is 27.3. The van der Waals surface area contributed by atoms with Crippen molar-refractivity contribution in [1.29, 1.82) is 0 Å². The topological polar surface area (TPSA) is 111 Å². The Balaban J connectivity index is 1.20. The molecule has 13 heteroatoms. The zero-order chi connectivity index (χ0) is 31.9. The fraction of sp³-hybridized carbons (Fsp3) is 0.594. The molecule has 0 radical (unpaired) electrons. The Morgan fingerprint density at radius 2 is 1.87 bits per heavy atom. The fourth-order valence-electron chi connectivity index (χ4n) is 7.10. The van der Waals surface area contributed by atoms with Crippen molar-refractivity contribution in [3.05, 3.63) is 46.9 Å². The van der Waals surface area contributed by atoms with E-state index in [1.165, 1.54) is 0 Å². The average Bonchev–Trinajstić information content (AvgIpc) is 3.40. The van der Waals surface area contributed by atoms with E-state index >= 15 is 0 Å². The lowest BCUT2D eigenvalue weighted by molar-refractivity contribution is -0.148. The second kappa shape index (κ2) is 12.4. The van der Waals surface area contributed by atoms with E-state index in [1.54, 1.807) is 27.0 Å². The highest BCUT2D eigenvalue weighted by Gasteiger charge is 2.44. The molecule has 2 aromatic heterocycles. The molecule has 0 bridgehead atoms. The van der Waals surface area contributed by atoms with E-state index in [0.717, 1.165) is 61.3 Å². The van der Waals surface area contributed by atoms with Crippen molar-refractivity contribution in [3.63, 3.8) is 0 Å². The molecule has 0 aliphatic carbocycles. The molecule has 244 valence electrons. The molecule has 0 saturated carbocycles. The van der Waals surface area contributed by atoms with Gasteiger partial charge in [-0.2, -0.15) is 13.2 Å². The number of piperidine rings is 2. The van der Waals surface area contributed by atoms with E-state index in [1.807, 2.05) is 4.90 Å². The monoisotopic (exact) mass is 629 g/mol. The molecule has 1 spiro atoms. The van der Waals surface area contributed by atoms with Crippen molar-refractivity contribution in [2.75, 3.05) is 64.1 Å². The summed E-state index contributed by atoms with van der Waals surface area (Å²) in [5.41, 5.74) is 6.72. The maximum atomic E-state index is 13.5. The molecule has 3 N–H and O–H groups in total. The number of nitrogens with one attached hydrogen (secondary N) is 1. The standard InChI is InChI=1S/C32H42F3N7O3/c1-20(23-16-24(32(33,34)35)18-25(36)17-23)37-28-26-19-27-31(45-15-13-42(27)29(26)39-21(2)38-28)6-10-41(11-7-31)30(43)22-4-8-40(9-5-22)12-14-44-3/h16-20,22H,4-15,36H2,1-3H3,(H,37,38,39)/t20-/m1/s1. The molecule has 1 atom stereocenters. The van der Waals surface area contributed by atoms with E-state index in [4.69, 9.17) is 20.2 Å². The minimum absolute atomic E-state index is 0.0493. The molecule has 45 heavy (non-hydrogen) atoms. The number of carbonyl (C=O) groups is 1. The molecule has 0 unspecified atom stereocenters. The molecule has 1 amide bonds. The average molecular weight is 630 g/mol. The van der Waals surface area contributed by atoms with Gasteiger partial charge >= 0.3 is 6.18 Å². The van der Waals surface area contributed by atoms with Gasteiger partial charge in [0.15, 0.2) is 0 Å². The minimum Gasteiger partial charge on any atom is -0.399 e. The van der Waals surface area contributed by atoms with Gasteiger partial charge in [0.05, 0.1) is 35.9 Å². The summed E-state index contributed by atoms with van der Waals surface area (Å²) in [5.74, 6) is 1.39. The maximum Gasteiger partial charge on any atom is 0.416 e. The van der Waals surface area contributed by atoms with Gasteiger partial charge < -0.3 is 34.9 Å². The quantitative estimate of drug-likeness (QED) is 0.362. The first-order valence-corrected chi connectivity index (χ1v) is 15.7. The van der Waals surface area contributed by atoms with Crippen molar-refractivity contribution in [2.24, 2.45) is 5.92 Å². The number of nitrogens with two attached hydrogens (primary N) is 1. The van der Waals surface area contributed by atoms with Crippen molar-refractivity contribution in [3.8, 4) is 0 Å². The van der Waals surface area contributed by atoms with Crippen molar-refractivity contribution in [1.82, 2.24) is 24.3 Å². The molecule has 3 aromatic rings. The summed E-state index contributed by atoms with van der Waals surface area (Å²) in [6, 6.07) is 5.15. The van der Waals surface area contributed by atoms with E-state index in [0.29, 0.717) is 62.9 Å². The van der Waals surface area contributed by atoms with Crippen LogP contribution in [0.5, 0.6) is 0 Å². The number of rotatable bonds is 7. The van der Waals surface area contributed by atoms with Crippen LogP contribution in [0.15, 0.2) is 24.3 Å². The molecule has 5 heterocycles. The number of aromatic nitrogens is 3. The van der Waals surface area contributed by atoms with Gasteiger partial charge in [-0.15, -0.1) is 0 Å². The van der Waals surface area contributed by atoms with Crippen LogP contribution in [0.3, 0.4) is 0 Å². The van der Waals surface area contributed by atoms with Crippen LogP contribution in [0.25, 0.3) is 11.0 Å². The van der Waals surface area contributed by atoms with Crippen LogP contribution >= 0.6 is 0 Å². The molecule has 2 saturated heterocycles. The summed E-state index contributed by atoms with van der Waals surface area (Å²) in [7, 11) is 1.71. The van der Waals surface area contributed by atoms with Crippen LogP contribution in [0.2, 0.25) is 0 Å². The first-order chi connectivity index (χ1) is 21.5. The number of hydrogen-bond donors (Lipinski definition) is 2. The summed E-state index contributed by atoms with van der Waals surface area (Å²) in [6.07, 6.45) is -1.41. The Bertz CT molecular complexity index is 1540. The second-order valence-electron chi connectivity index (χ2n) is 12.6. The molecule has 3 aliphatic heterocycles. The highest BCUT2D eigenvalue weighted by Crippen LogP contribution is 2.43. The largest absolute Gasteiger partial charge is 0.416 e. The highest BCUT2D eigenvalue weighted by molar-refractivity contribution is 5.89. The summed E-state index contributed by atoms with van der Waals surface area (Å²) >= 11 is 0. The molecular weight excluding hydrogens is 587 g/mol. The smallest absolute Gasteiger partial charge is 0.399 e. The van der Waals surface area contributed by atoms with E-state index in [-0.39, 0.29) is 17.5 Å². The zero-order valence-corrected chi connectivity index (χ0v) is 26.1. The number of anilines is 2. The lowest BCUT2D eigenvalue weighted by Gasteiger charge is -2.45. The van der Waals surface area contributed by atoms with Gasteiger partial charge in [-0.25, -0.2) is 9.97 Å². The predicted molar refractivity (Wildman–Crippen MR) is 165 cm³/mol. The van der Waals surface area contributed by atoms with E-state index in [9.17, 15) is 18.0 Å². The maximum absolute atomic E-state index is 13.5. The van der Waals surface area contributed by atoms with Crippen LogP contribution in [-0.2, 0) is 32.6 Å². The number of halogens is 3. The number of ether oxygens (including phenoxy) is 2. The fourth-order valence-corrected chi connectivity index (χ4v) is 7.10. The van der Waals surface area contributed by atoms with Gasteiger partial charge in [0.25, 0.3) is 0 Å². The van der Waals surface area contributed by atoms with Gasteiger partial charge in [-0.05, 0) is 82.4 Å². The van der Waals surface area contributed by atoms with Gasteiger partial charge in [0.2, 0.25) is 5.91 Å². The predicted octanol–water partition coefficient (Wildman–Crippen LogP) is 4.72. The Labute approximate surface area is 261 Å². The number of likely N-dealkylation sites (tertiary alicyclic amines) is 2. The molecular formula is C32H42F3N7O3. The third kappa shape index (κ3) is 6.34. The molecule has 1 aromatic carbocycles. The van der Waals surface area contributed by atoms with Crippen molar-refractivity contribution >= 4 is 28.4 Å². The third-order valence-electron chi connectivity index (χ3n) is 9.61. The Morgan fingerprint density at radius 3 is 2.56 bits per heavy atom. The van der Waals surface area contributed by atoms with Crippen LogP contribution in [0.4, 0.5) is 24.7 Å². The Kier molecular flexibility index (Phi) is 8.70. The lowest BCUT2D eigenvalue weighted by atomic mass is 9.85. The first-order valence-electron chi connectivity index (χ1n) is 15.7. The van der Waals surface area contributed by atoms with E-state index < -0.39 is 23.4 Å². The summed E-state index contributed by atoms with van der Waals surface area (Å²) in [5, 5.41) is 4.11. The number of methoxy groups -OCH3 is 1. The number of alkyl halides is 3. The number of nitrogen functional groups attached to an aromatic ring is 1. The number of carbonyl (C=O) groups excluding carboxylic acids is 1. The third-order valence-corrected chi connectivity index (χ3v) is 9.61. The van der Waals surface area contributed by atoms with Crippen LogP contribution < -0.4 is 11.1 Å². The minimum atomic E-state index is -4.50. The number of fused-ring (bicyclic) bond motifs is 4. The second-order valence-corrected chi connectivity index (χ2v) is 12.6. The SMILES string of the molecule is COCCN1CCC(C(=O)N2CCC3(CC2)OCCn2c3cc3c(N[C@H](C)c4cc(N)cc(C(F)(F)F)c4)nc(C)nc32)CC1. The number of benzene rings is 1. The van der Waals surface area contributed by atoms with Crippen LogP contribution in [0.1, 0.15) is 61.3 Å². The molecule has 3 aliphatic rings. The van der Waals surface area contributed by atoms with Gasteiger partial charge in [0.1, 0.15) is 22.9 Å². The van der Waals surface area contributed by atoms with Gasteiger partial charge in [-0.1, -0.05) is 0 Å². The number of amides is 1. The molecule has 10 nitrogen and oxygen atoms in total. The normalized spacial score (nSPS) is 20.0. The van der Waals surface area contributed by atoms with E-state index in [2.05, 4.69) is 25.8 Å². The van der Waals surface area contributed by atoms with Crippen LogP contribution in [0, 0.1) is 12.8 Å². The van der Waals surface area contributed by atoms with Crippen molar-refractivity contribution < 1.29 is 27.4 Å². The number of nitrogens with zero attached hydrogens (tertiary/aromatic N) is 5. The van der Waals surface area contributed by atoms with Crippen molar-refractivity contribution in [2.45, 2.75) is 63.9 Å². The first kappa shape index (κ1) is 31.6. The van der Waals surface area contributed by atoms with Gasteiger partial charge in [-0.3, -0.25) is 4.79 Å². The zero-order valence-electron chi connectivity index (χ0n) is 26.1. The number of hydrogen-bond acceptors (Lipinski definition) is 8. The molecule has 2 fully saturated rings. The van der Waals surface area contributed by atoms with Crippen LogP contribution in [-0.4, -0.2) is 83.3 Å². The Morgan fingerprint density at radius 1 is 1.13 bits per heavy atom. The summed E-state index contributed by atoms with van der Waals surface area (Å²) in [6.45, 7) is 9.41. The Hall–Kier alpha value is -3.42. The lowest BCUT2D eigenvalue weighted by Crippen LogP contribution is -2.51. The molecule has 6 rings (SSSR count). The summed E-state index contributed by atoms with van der Waals surface area (Å²) < 4.78 is 54.3.